The highest BCUT2D eigenvalue weighted by molar-refractivity contribution is 5.29. The first kappa shape index (κ1) is 8.70. The Hall–Kier alpha value is -0.890. The minimum absolute atomic E-state index is 0.130. The van der Waals surface area contributed by atoms with Gasteiger partial charge in [0, 0.05) is 6.04 Å². The molecular formula is C11H14FN. The van der Waals surface area contributed by atoms with E-state index in [0.29, 0.717) is 0 Å². The summed E-state index contributed by atoms with van der Waals surface area (Å²) in [5, 5.41) is 0. The number of aryl methyl sites for hydroxylation is 1. The fraction of sp³-hybridized carbons (Fsp3) is 0.455. The molecule has 1 aliphatic rings. The van der Waals surface area contributed by atoms with Gasteiger partial charge in [-0.1, -0.05) is 6.07 Å². The van der Waals surface area contributed by atoms with Crippen LogP contribution in [-0.2, 0) is 12.8 Å². The number of rotatable bonds is 0. The van der Waals surface area contributed by atoms with Crippen molar-refractivity contribution in [1.82, 2.24) is 0 Å². The second kappa shape index (κ2) is 3.46. The van der Waals surface area contributed by atoms with Gasteiger partial charge >= 0.3 is 0 Å². The number of hydrogen-bond donors (Lipinski definition) is 1. The van der Waals surface area contributed by atoms with E-state index in [2.05, 4.69) is 0 Å². The highest BCUT2D eigenvalue weighted by Gasteiger charge is 2.13. The first-order valence-electron chi connectivity index (χ1n) is 4.78. The van der Waals surface area contributed by atoms with E-state index in [0.717, 1.165) is 31.2 Å². The van der Waals surface area contributed by atoms with Crippen molar-refractivity contribution < 1.29 is 4.39 Å². The van der Waals surface area contributed by atoms with E-state index in [1.807, 2.05) is 6.07 Å². The molecule has 0 aliphatic heterocycles. The van der Waals surface area contributed by atoms with E-state index in [-0.39, 0.29) is 11.9 Å². The van der Waals surface area contributed by atoms with Crippen LogP contribution in [0, 0.1) is 5.82 Å². The Kier molecular flexibility index (Phi) is 2.32. The minimum atomic E-state index is -0.130. The molecule has 1 nitrogen and oxygen atoms in total. The first-order valence-corrected chi connectivity index (χ1v) is 4.78. The summed E-state index contributed by atoms with van der Waals surface area (Å²) >= 11 is 0. The number of nitrogens with two attached hydrogens (primary N) is 1. The predicted molar refractivity (Wildman–Crippen MR) is 51.0 cm³/mol. The third-order valence-electron chi connectivity index (χ3n) is 2.67. The van der Waals surface area contributed by atoms with Crippen LogP contribution in [-0.4, -0.2) is 6.04 Å². The average Bonchev–Trinajstić information content (AvgIpc) is 2.25. The van der Waals surface area contributed by atoms with Crippen molar-refractivity contribution in [2.75, 3.05) is 0 Å². The smallest absolute Gasteiger partial charge is 0.123 e. The molecule has 0 saturated heterocycles. The van der Waals surface area contributed by atoms with E-state index in [4.69, 9.17) is 5.73 Å². The molecule has 70 valence electrons. The number of fused-ring (bicyclic) bond motifs is 1. The van der Waals surface area contributed by atoms with Crippen LogP contribution >= 0.6 is 0 Å². The van der Waals surface area contributed by atoms with E-state index in [9.17, 15) is 4.39 Å². The largest absolute Gasteiger partial charge is 0.327 e. The Morgan fingerprint density at radius 2 is 2.15 bits per heavy atom. The van der Waals surface area contributed by atoms with Gasteiger partial charge in [0.2, 0.25) is 0 Å². The molecule has 0 amide bonds. The highest BCUT2D eigenvalue weighted by atomic mass is 19.1. The molecule has 2 rings (SSSR count). The van der Waals surface area contributed by atoms with Crippen LogP contribution in [0.25, 0.3) is 0 Å². The number of benzene rings is 1. The van der Waals surface area contributed by atoms with Crippen LogP contribution in [0.5, 0.6) is 0 Å². The molecule has 13 heavy (non-hydrogen) atoms. The summed E-state index contributed by atoms with van der Waals surface area (Å²) in [5.74, 6) is -0.130. The molecule has 2 heteroatoms. The van der Waals surface area contributed by atoms with Crippen LogP contribution in [0.3, 0.4) is 0 Å². The highest BCUT2D eigenvalue weighted by Crippen LogP contribution is 2.20. The van der Waals surface area contributed by atoms with Crippen molar-refractivity contribution in [3.05, 3.63) is 35.1 Å². The Bertz CT molecular complexity index is 309. The van der Waals surface area contributed by atoms with Gasteiger partial charge in [0.05, 0.1) is 0 Å². The van der Waals surface area contributed by atoms with Gasteiger partial charge in [-0.15, -0.1) is 0 Å². The van der Waals surface area contributed by atoms with Gasteiger partial charge in [-0.2, -0.15) is 0 Å². The lowest BCUT2D eigenvalue weighted by Crippen LogP contribution is -2.21. The lowest BCUT2D eigenvalue weighted by molar-refractivity contribution is 0.603. The standard InChI is InChI=1S/C11H14FN/c12-10-5-4-9-7-11(13)3-1-2-8(9)6-10/h4-6,11H,1-3,7,13H2. The van der Waals surface area contributed by atoms with Crippen LogP contribution in [0.1, 0.15) is 24.0 Å². The molecule has 1 unspecified atom stereocenters. The van der Waals surface area contributed by atoms with Crippen LogP contribution in [0.2, 0.25) is 0 Å². The fourth-order valence-corrected chi connectivity index (χ4v) is 1.97. The van der Waals surface area contributed by atoms with Crippen molar-refractivity contribution in [3.63, 3.8) is 0 Å². The Morgan fingerprint density at radius 3 is 3.00 bits per heavy atom. The van der Waals surface area contributed by atoms with E-state index < -0.39 is 0 Å². The third kappa shape index (κ3) is 1.89. The van der Waals surface area contributed by atoms with Crippen LogP contribution < -0.4 is 5.73 Å². The molecular weight excluding hydrogens is 165 g/mol. The topological polar surface area (TPSA) is 26.0 Å². The van der Waals surface area contributed by atoms with E-state index in [1.54, 1.807) is 6.07 Å². The fourth-order valence-electron chi connectivity index (χ4n) is 1.97. The van der Waals surface area contributed by atoms with E-state index in [1.165, 1.54) is 11.6 Å². The van der Waals surface area contributed by atoms with Gasteiger partial charge in [-0.25, -0.2) is 4.39 Å². The van der Waals surface area contributed by atoms with Crippen molar-refractivity contribution in [2.24, 2.45) is 5.73 Å². The molecule has 0 aromatic heterocycles. The number of halogens is 1. The van der Waals surface area contributed by atoms with Crippen LogP contribution in [0.15, 0.2) is 18.2 Å². The summed E-state index contributed by atoms with van der Waals surface area (Å²) < 4.78 is 12.9. The summed E-state index contributed by atoms with van der Waals surface area (Å²) in [5.41, 5.74) is 8.27. The second-order valence-electron chi connectivity index (χ2n) is 3.77. The lowest BCUT2D eigenvalue weighted by atomic mass is 10.0. The Morgan fingerprint density at radius 1 is 1.31 bits per heavy atom. The molecule has 1 aliphatic carbocycles. The molecule has 1 aromatic rings. The van der Waals surface area contributed by atoms with Crippen LogP contribution in [0.4, 0.5) is 4.39 Å². The monoisotopic (exact) mass is 179 g/mol. The van der Waals surface area contributed by atoms with Crippen molar-refractivity contribution in [1.29, 1.82) is 0 Å². The number of hydrogen-bond acceptors (Lipinski definition) is 1. The lowest BCUT2D eigenvalue weighted by Gasteiger charge is -2.07. The summed E-state index contributed by atoms with van der Waals surface area (Å²) in [7, 11) is 0. The van der Waals surface area contributed by atoms with Gasteiger partial charge in [0.15, 0.2) is 0 Å². The van der Waals surface area contributed by atoms with Crippen molar-refractivity contribution >= 4 is 0 Å². The molecule has 0 saturated carbocycles. The summed E-state index contributed by atoms with van der Waals surface area (Å²) in [6.07, 6.45) is 4.00. The normalized spacial score (nSPS) is 22.2. The quantitative estimate of drug-likeness (QED) is 0.606. The molecule has 1 atom stereocenters. The Labute approximate surface area is 77.8 Å². The first-order chi connectivity index (χ1) is 6.25. The maximum absolute atomic E-state index is 12.9. The summed E-state index contributed by atoms with van der Waals surface area (Å²) in [6.45, 7) is 0. The predicted octanol–water partition coefficient (Wildman–Crippen LogP) is 2.03. The SMILES string of the molecule is NC1CCCc2cc(F)ccc2C1. The molecule has 0 heterocycles. The molecule has 0 spiro atoms. The maximum Gasteiger partial charge on any atom is 0.123 e. The van der Waals surface area contributed by atoms with Gasteiger partial charge in [0.25, 0.3) is 0 Å². The van der Waals surface area contributed by atoms with E-state index >= 15 is 0 Å². The van der Waals surface area contributed by atoms with Gasteiger partial charge in [-0.05, 0) is 48.9 Å². The van der Waals surface area contributed by atoms with Crippen molar-refractivity contribution in [3.8, 4) is 0 Å². The maximum atomic E-state index is 12.9. The zero-order chi connectivity index (χ0) is 9.26. The summed E-state index contributed by atoms with van der Waals surface area (Å²) in [4.78, 5) is 0. The summed E-state index contributed by atoms with van der Waals surface area (Å²) in [6, 6.07) is 5.30. The zero-order valence-electron chi connectivity index (χ0n) is 7.59. The molecule has 0 bridgehead atoms. The van der Waals surface area contributed by atoms with Crippen molar-refractivity contribution in [2.45, 2.75) is 31.7 Å². The van der Waals surface area contributed by atoms with Gasteiger partial charge in [-0.3, -0.25) is 0 Å². The third-order valence-corrected chi connectivity index (χ3v) is 2.67. The Balaban J connectivity index is 2.34. The molecule has 0 radical (unpaired) electrons. The molecule has 2 N–H and O–H groups in total. The minimum Gasteiger partial charge on any atom is -0.327 e. The average molecular weight is 179 g/mol. The van der Waals surface area contributed by atoms with Gasteiger partial charge < -0.3 is 5.73 Å². The molecule has 0 fully saturated rings. The van der Waals surface area contributed by atoms with Gasteiger partial charge in [0.1, 0.15) is 5.82 Å². The zero-order valence-corrected chi connectivity index (χ0v) is 7.59. The second-order valence-corrected chi connectivity index (χ2v) is 3.77. The molecule has 1 aromatic carbocycles.